The third-order valence-electron chi connectivity index (χ3n) is 17.5. The number of benzene rings is 3. The number of aromatic amines is 2. The summed E-state index contributed by atoms with van der Waals surface area (Å²) in [5, 5.41) is 71.2. The molecule has 1 aliphatic heterocycles. The Kier molecular flexibility index (Phi) is 30.3. The van der Waals surface area contributed by atoms with Crippen molar-refractivity contribution < 1.29 is 73.2 Å². The van der Waals surface area contributed by atoms with E-state index >= 15 is 4.79 Å². The van der Waals surface area contributed by atoms with E-state index in [1.165, 1.54) is 31.6 Å². The molecule has 3 unspecified atom stereocenters. The number of carbonyl (C=O) groups is 11. The molecule has 1 fully saturated rings. The number of carbonyl (C=O) groups excluding carboxylic acids is 9. The van der Waals surface area contributed by atoms with Crippen LogP contribution in [0.2, 0.25) is 0 Å². The molecule has 3 heterocycles. The van der Waals surface area contributed by atoms with Crippen molar-refractivity contribution in [1.82, 2.24) is 68.1 Å². The van der Waals surface area contributed by atoms with Crippen LogP contribution in [0.3, 0.4) is 0 Å². The van der Waals surface area contributed by atoms with E-state index < -0.39 is 161 Å². The van der Waals surface area contributed by atoms with Crippen molar-refractivity contribution in [3.8, 4) is 5.75 Å². The minimum absolute atomic E-state index is 0.0356. The second-order valence-corrected chi connectivity index (χ2v) is 28.9. The van der Waals surface area contributed by atoms with Crippen LogP contribution in [0.1, 0.15) is 110 Å². The highest BCUT2D eigenvalue weighted by Gasteiger charge is 2.42. The molecule has 3 aromatic carbocycles. The average molecular weight is 1430 g/mol. The highest BCUT2D eigenvalue weighted by molar-refractivity contribution is 8.76. The van der Waals surface area contributed by atoms with Gasteiger partial charge in [-0.25, -0.2) is 9.78 Å². The Morgan fingerprint density at radius 1 is 0.640 bits per heavy atom. The third kappa shape index (κ3) is 23.8. The second kappa shape index (κ2) is 38.0. The number of aliphatic carboxylic acids is 2. The zero-order chi connectivity index (χ0) is 73.5. The number of aromatic nitrogens is 3. The summed E-state index contributed by atoms with van der Waals surface area (Å²) in [4.78, 5) is 165. The van der Waals surface area contributed by atoms with Crippen LogP contribution in [0.15, 0.2) is 97.6 Å². The third-order valence-corrected chi connectivity index (χ3v) is 19.9. The largest absolute Gasteiger partial charge is 0.508 e. The normalized spacial score (nSPS) is 21.2. The van der Waals surface area contributed by atoms with E-state index in [1.807, 2.05) is 18.2 Å². The molecule has 5 aromatic rings. The van der Waals surface area contributed by atoms with Crippen LogP contribution in [-0.4, -0.2) is 184 Å². The van der Waals surface area contributed by atoms with Crippen LogP contribution in [-0.2, 0) is 78.4 Å². The smallest absolute Gasteiger partial charge is 0.326 e. The van der Waals surface area contributed by atoms with Crippen LogP contribution in [0, 0.1) is 23.7 Å². The van der Waals surface area contributed by atoms with E-state index in [-0.39, 0.29) is 61.7 Å². The molecule has 1 aliphatic rings. The number of aromatic hydroxyl groups is 1. The summed E-state index contributed by atoms with van der Waals surface area (Å²) < 4.78 is 0. The van der Waals surface area contributed by atoms with E-state index in [9.17, 15) is 68.4 Å². The fraction of sp³-hybridized carbons (Fsp3) is 0.507. The number of para-hydroxylation sites is 1. The van der Waals surface area contributed by atoms with E-state index in [0.29, 0.717) is 28.8 Å². The minimum atomic E-state index is -2.20. The number of fused-ring (bicyclic) bond motifs is 1. The van der Waals surface area contributed by atoms with Crippen molar-refractivity contribution in [3.63, 3.8) is 0 Å². The van der Waals surface area contributed by atoms with Crippen molar-refractivity contribution in [2.24, 2.45) is 29.4 Å². The number of nitrogens with two attached hydrogens (primary N) is 1. The standard InChI is InChI=1S/C69H96N14O15S2/c1-10-38(7)57(66(94)78-52(68(96)97)28-42-31-72-47-20-16-15-19-45(42)47)82-67(95)58(39(8)11-2)81-63(91)51(30-55(85)86)76-60(88)48(25-36(3)4)74-61(89)50(29-43-32-71-35-73-43)75-64(92)53-34-100-99-33-46(70)59(87)80-56(37(5)6)65(93)77-49(26-41-21-23-44(84)24-22-41)62(90)79-54(69(9,98)83-53)27-40-17-13-12-14-18-40/h12-24,31-32,35-39,46,48-54,56-58,72,83-84,98H,10-11,25-30,33-34,70H2,1-9H3,(H,71,73)(H,74,89)(H,75,92)(H,76,88)(H,77,93)(H,78,94)(H,79,90)(H,80,87)(H,81,91)(H,82,95)(H,85,86)(H,96,97)/t38-,39-,46-,48-,49?,50-,51-,52-,53?,54-,56-,57-,58-,69?/m0/s1. The molecular formula is C69H96N14O15S2. The summed E-state index contributed by atoms with van der Waals surface area (Å²) in [5.41, 5.74) is 7.10. The number of imidazole rings is 1. The maximum atomic E-state index is 15.1. The van der Waals surface area contributed by atoms with Gasteiger partial charge in [0.2, 0.25) is 53.2 Å². The molecule has 18 N–H and O–H groups in total. The topological polar surface area (TPSA) is 459 Å². The van der Waals surface area contributed by atoms with Crippen molar-refractivity contribution >= 4 is 97.6 Å². The first-order valence-electron chi connectivity index (χ1n) is 33.4. The molecule has 0 bridgehead atoms. The predicted molar refractivity (Wildman–Crippen MR) is 377 cm³/mol. The Bertz CT molecular complexity index is 3600. The molecule has 14 atom stereocenters. The zero-order valence-corrected chi connectivity index (χ0v) is 59.2. The SMILES string of the molecule is CC[C@H](C)[C@H](NC(=O)[C@H](CC(=O)O)NC(=O)[C@H](CC(C)C)NC(=O)[C@H](Cc1cnc[nH]1)NC(=O)C1CSSC[C@H](N)C(=O)N[C@@H](C(C)C)C(=O)NC(Cc2ccc(O)cc2)C(=O)N[C@@H](Cc2ccccc2)C(C)(O)N1)C(=O)N[C@H](C(=O)N[C@@H](Cc1c[nH]c2ccccc12)C(=O)O)[C@@H](C)CC. The lowest BCUT2D eigenvalue weighted by Crippen LogP contribution is -2.67. The maximum Gasteiger partial charge on any atom is 0.326 e. The van der Waals surface area contributed by atoms with Crippen molar-refractivity contribution in [1.29, 1.82) is 0 Å². The Morgan fingerprint density at radius 2 is 1.22 bits per heavy atom. The fourth-order valence-electron chi connectivity index (χ4n) is 11.2. The van der Waals surface area contributed by atoms with Crippen LogP contribution in [0.5, 0.6) is 5.75 Å². The van der Waals surface area contributed by atoms with Crippen molar-refractivity contribution in [2.45, 2.75) is 186 Å². The van der Waals surface area contributed by atoms with Crippen LogP contribution in [0.25, 0.3) is 10.9 Å². The molecule has 6 rings (SSSR count). The number of carboxylic acid groups (broad SMARTS) is 2. The van der Waals surface area contributed by atoms with Crippen LogP contribution < -0.4 is 58.9 Å². The summed E-state index contributed by atoms with van der Waals surface area (Å²) in [6.45, 7) is 15.0. The van der Waals surface area contributed by atoms with Gasteiger partial charge in [0.25, 0.3) is 0 Å². The van der Waals surface area contributed by atoms with E-state index in [2.05, 4.69) is 68.1 Å². The molecule has 29 nitrogen and oxygen atoms in total. The van der Waals surface area contributed by atoms with Gasteiger partial charge in [-0.2, -0.15) is 0 Å². The van der Waals surface area contributed by atoms with Gasteiger partial charge in [0, 0.05) is 59.8 Å². The fourth-order valence-corrected chi connectivity index (χ4v) is 13.5. The number of H-pyrrole nitrogens is 2. The van der Waals surface area contributed by atoms with Crippen LogP contribution >= 0.6 is 21.6 Å². The lowest BCUT2D eigenvalue weighted by molar-refractivity contribution is -0.142. The number of carboxylic acids is 2. The monoisotopic (exact) mass is 1420 g/mol. The molecular weight excluding hydrogens is 1330 g/mol. The van der Waals surface area contributed by atoms with Gasteiger partial charge in [0.1, 0.15) is 59.8 Å². The first-order valence-corrected chi connectivity index (χ1v) is 35.9. The van der Waals surface area contributed by atoms with Gasteiger partial charge in [-0.1, -0.05) is 150 Å². The molecule has 0 saturated carbocycles. The summed E-state index contributed by atoms with van der Waals surface area (Å²) in [5.74, 6) is -12.9. The summed E-state index contributed by atoms with van der Waals surface area (Å²) in [6, 6.07) is 6.57. The molecule has 100 heavy (non-hydrogen) atoms. The van der Waals surface area contributed by atoms with Crippen LogP contribution in [0.4, 0.5) is 0 Å². The molecule has 1 saturated heterocycles. The number of nitrogens with zero attached hydrogens (tertiary/aromatic N) is 1. The predicted octanol–water partition coefficient (Wildman–Crippen LogP) is 1.97. The van der Waals surface area contributed by atoms with Gasteiger partial charge in [-0.05, 0) is 78.3 Å². The van der Waals surface area contributed by atoms with Gasteiger partial charge in [0.15, 0.2) is 0 Å². The molecule has 2 aromatic heterocycles. The maximum absolute atomic E-state index is 15.1. The van der Waals surface area contributed by atoms with E-state index in [1.54, 1.807) is 110 Å². The lowest BCUT2D eigenvalue weighted by Gasteiger charge is -2.38. The number of amides is 9. The Morgan fingerprint density at radius 3 is 1.83 bits per heavy atom. The number of rotatable bonds is 30. The van der Waals surface area contributed by atoms with Gasteiger partial charge >= 0.3 is 11.9 Å². The van der Waals surface area contributed by atoms with E-state index in [4.69, 9.17) is 5.73 Å². The van der Waals surface area contributed by atoms with Crippen molar-refractivity contribution in [3.05, 3.63) is 120 Å². The minimum Gasteiger partial charge on any atom is -0.508 e. The molecule has 31 heteroatoms. The van der Waals surface area contributed by atoms with Gasteiger partial charge < -0.3 is 84.0 Å². The number of hydrogen-bond donors (Lipinski definition) is 17. The Hall–Kier alpha value is -9.04. The zero-order valence-electron chi connectivity index (χ0n) is 57.6. The first kappa shape index (κ1) is 79.9. The van der Waals surface area contributed by atoms with Gasteiger partial charge in [-0.3, -0.25) is 53.3 Å². The highest BCUT2D eigenvalue weighted by atomic mass is 33.1. The summed E-state index contributed by atoms with van der Waals surface area (Å²) in [6.07, 6.45) is 3.39. The first-order chi connectivity index (χ1) is 47.4. The summed E-state index contributed by atoms with van der Waals surface area (Å²) in [7, 11) is 2.18. The number of aliphatic hydroxyl groups is 1. The number of phenolic OH excluding ortho intramolecular Hbond substituents is 1. The Balaban J connectivity index is 1.26. The second-order valence-electron chi connectivity index (χ2n) is 26.3. The molecule has 0 spiro atoms. The Labute approximate surface area is 588 Å². The number of hydrogen-bond acceptors (Lipinski definition) is 18. The van der Waals surface area contributed by atoms with Crippen molar-refractivity contribution in [2.75, 3.05) is 11.5 Å². The molecule has 9 amide bonds. The van der Waals surface area contributed by atoms with Gasteiger partial charge in [-0.15, -0.1) is 0 Å². The molecule has 544 valence electrons. The molecule has 0 radical (unpaired) electrons. The molecule has 0 aliphatic carbocycles. The lowest BCUT2D eigenvalue weighted by atomic mass is 9.94. The number of nitrogens with one attached hydrogen (secondary N) is 12. The highest BCUT2D eigenvalue weighted by Crippen LogP contribution is 2.26. The summed E-state index contributed by atoms with van der Waals surface area (Å²) >= 11 is 0. The quantitative estimate of drug-likeness (QED) is 0.0292. The van der Waals surface area contributed by atoms with Gasteiger partial charge in [0.05, 0.1) is 30.9 Å². The number of phenols is 1. The average Bonchev–Trinajstić information content (AvgIpc) is 1.23. The van der Waals surface area contributed by atoms with E-state index in [0.717, 1.165) is 32.5 Å².